The van der Waals surface area contributed by atoms with E-state index in [1.807, 2.05) is 25.1 Å². The molecule has 132 valence electrons. The maximum Gasteiger partial charge on any atom is 0.321 e. The Hall–Kier alpha value is -0.710. The molecule has 1 aromatic carbocycles. The molecule has 1 rings (SSSR count). The first-order valence-corrected chi connectivity index (χ1v) is 9.14. The van der Waals surface area contributed by atoms with Gasteiger partial charge in [-0.25, -0.2) is 0 Å². The summed E-state index contributed by atoms with van der Waals surface area (Å²) in [6.45, 7) is 4.19. The second-order valence-electron chi connectivity index (χ2n) is 6.07. The first kappa shape index (κ1) is 22.3. The van der Waals surface area contributed by atoms with Crippen molar-refractivity contribution < 1.29 is 9.90 Å². The van der Waals surface area contributed by atoms with Gasteiger partial charge in [0.2, 0.25) is 0 Å². The molecule has 0 heterocycles. The molecular weight excluding hydrogens is 330 g/mol. The Labute approximate surface area is 150 Å². The van der Waals surface area contributed by atoms with Crippen LogP contribution >= 0.6 is 24.2 Å². The molecule has 0 saturated carbocycles. The van der Waals surface area contributed by atoms with Crippen molar-refractivity contribution in [2.24, 2.45) is 5.73 Å². The molecule has 1 aromatic rings. The zero-order valence-electron chi connectivity index (χ0n) is 14.2. The van der Waals surface area contributed by atoms with Gasteiger partial charge < -0.3 is 10.8 Å². The Morgan fingerprint density at radius 1 is 1.22 bits per heavy atom. The lowest BCUT2D eigenvalue weighted by Gasteiger charge is -2.32. The number of carboxylic acids is 1. The van der Waals surface area contributed by atoms with Gasteiger partial charge >= 0.3 is 5.97 Å². The lowest BCUT2D eigenvalue weighted by atomic mass is 9.94. The van der Waals surface area contributed by atoms with Crippen LogP contribution in [0.5, 0.6) is 0 Å². The summed E-state index contributed by atoms with van der Waals surface area (Å²) in [5.41, 5.74) is 7.19. The summed E-state index contributed by atoms with van der Waals surface area (Å²) in [5, 5.41) is 9.32. The standard InChI is InChI=1S/C18H29NO2S.ClH/c1-3-4-5-6-10-13-18(2,16(19)17(20)21)22-14-15-11-8-7-9-12-15;/h7-9,11-12,16H,3-6,10,13-14,19H2,1-2H3,(H,20,21);1H. The minimum absolute atomic E-state index is 0. The second-order valence-corrected chi connectivity index (χ2v) is 7.58. The first-order valence-electron chi connectivity index (χ1n) is 8.16. The van der Waals surface area contributed by atoms with Gasteiger partial charge in [-0.2, -0.15) is 0 Å². The number of carboxylic acid groups (broad SMARTS) is 1. The minimum atomic E-state index is -0.906. The van der Waals surface area contributed by atoms with Gasteiger partial charge in [-0.1, -0.05) is 69.4 Å². The minimum Gasteiger partial charge on any atom is -0.480 e. The highest BCUT2D eigenvalue weighted by atomic mass is 35.5. The normalized spacial score (nSPS) is 14.6. The van der Waals surface area contributed by atoms with Gasteiger partial charge in [0.05, 0.1) is 0 Å². The molecule has 0 bridgehead atoms. The fraction of sp³-hybridized carbons (Fsp3) is 0.611. The number of unbranched alkanes of at least 4 members (excludes halogenated alkanes) is 4. The fourth-order valence-corrected chi connectivity index (χ4v) is 3.74. The highest BCUT2D eigenvalue weighted by Crippen LogP contribution is 2.36. The third-order valence-electron chi connectivity index (χ3n) is 4.11. The first-order chi connectivity index (χ1) is 10.5. The molecule has 0 aliphatic carbocycles. The fourth-order valence-electron chi connectivity index (χ4n) is 2.48. The number of hydrogen-bond acceptors (Lipinski definition) is 3. The molecule has 0 fully saturated rings. The molecule has 0 saturated heterocycles. The van der Waals surface area contributed by atoms with E-state index in [2.05, 4.69) is 19.1 Å². The van der Waals surface area contributed by atoms with Gasteiger partial charge in [0.25, 0.3) is 0 Å². The quantitative estimate of drug-likeness (QED) is 0.553. The van der Waals surface area contributed by atoms with Crippen LogP contribution in [0.1, 0.15) is 57.9 Å². The van der Waals surface area contributed by atoms with Crippen molar-refractivity contribution in [2.45, 2.75) is 68.9 Å². The molecule has 5 heteroatoms. The van der Waals surface area contributed by atoms with Crippen LogP contribution in [-0.2, 0) is 10.5 Å². The Morgan fingerprint density at radius 3 is 2.39 bits per heavy atom. The topological polar surface area (TPSA) is 63.3 Å². The number of nitrogens with two attached hydrogens (primary N) is 1. The van der Waals surface area contributed by atoms with Gasteiger partial charge in [0.1, 0.15) is 6.04 Å². The van der Waals surface area contributed by atoms with Crippen molar-refractivity contribution in [1.82, 2.24) is 0 Å². The van der Waals surface area contributed by atoms with Gasteiger partial charge in [-0.05, 0) is 18.9 Å². The average Bonchev–Trinajstić information content (AvgIpc) is 2.53. The maximum absolute atomic E-state index is 11.4. The van der Waals surface area contributed by atoms with Crippen LogP contribution in [-0.4, -0.2) is 21.9 Å². The maximum atomic E-state index is 11.4. The summed E-state index contributed by atoms with van der Waals surface area (Å²) in [7, 11) is 0. The van der Waals surface area contributed by atoms with Crippen molar-refractivity contribution in [3.05, 3.63) is 35.9 Å². The third-order valence-corrected chi connectivity index (χ3v) is 5.71. The highest BCUT2D eigenvalue weighted by Gasteiger charge is 2.36. The number of halogens is 1. The van der Waals surface area contributed by atoms with Crippen molar-refractivity contribution >= 4 is 30.1 Å². The molecule has 2 atom stereocenters. The number of benzene rings is 1. The van der Waals surface area contributed by atoms with E-state index in [-0.39, 0.29) is 12.4 Å². The molecule has 0 aliphatic rings. The van der Waals surface area contributed by atoms with E-state index in [0.717, 1.165) is 25.0 Å². The molecule has 0 amide bonds. The number of aliphatic carboxylic acids is 1. The number of thioether (sulfide) groups is 1. The van der Waals surface area contributed by atoms with Crippen LogP contribution in [0.3, 0.4) is 0 Å². The predicted octanol–water partition coefficient (Wildman–Crippen LogP) is 4.87. The van der Waals surface area contributed by atoms with E-state index in [9.17, 15) is 9.90 Å². The molecule has 0 aliphatic heterocycles. The van der Waals surface area contributed by atoms with E-state index in [1.165, 1.54) is 24.8 Å². The monoisotopic (exact) mass is 359 g/mol. The summed E-state index contributed by atoms with van der Waals surface area (Å²) in [5.74, 6) is -0.107. The summed E-state index contributed by atoms with van der Waals surface area (Å²) in [6.07, 6.45) is 6.73. The summed E-state index contributed by atoms with van der Waals surface area (Å²) in [4.78, 5) is 11.4. The Balaban J connectivity index is 0.00000484. The SMILES string of the molecule is CCCCCCCC(C)(SCc1ccccc1)C(N)C(=O)O.Cl. The van der Waals surface area contributed by atoms with Crippen LogP contribution in [0, 0.1) is 0 Å². The summed E-state index contributed by atoms with van der Waals surface area (Å²) in [6, 6.07) is 9.32. The summed E-state index contributed by atoms with van der Waals surface area (Å²) >= 11 is 1.67. The van der Waals surface area contributed by atoms with E-state index in [4.69, 9.17) is 5.73 Å². The van der Waals surface area contributed by atoms with Crippen molar-refractivity contribution in [2.75, 3.05) is 0 Å². The lowest BCUT2D eigenvalue weighted by molar-refractivity contribution is -0.139. The van der Waals surface area contributed by atoms with Crippen LogP contribution in [0.2, 0.25) is 0 Å². The molecule has 0 aromatic heterocycles. The zero-order valence-corrected chi connectivity index (χ0v) is 15.8. The Bertz CT molecular complexity index is 444. The molecular formula is C18H30ClNO2S. The van der Waals surface area contributed by atoms with Gasteiger partial charge in [-0.3, -0.25) is 4.79 Å². The molecule has 0 radical (unpaired) electrons. The predicted molar refractivity (Wildman–Crippen MR) is 102 cm³/mol. The largest absolute Gasteiger partial charge is 0.480 e. The number of rotatable bonds is 11. The van der Waals surface area contributed by atoms with E-state index in [0.29, 0.717) is 0 Å². The van der Waals surface area contributed by atoms with Gasteiger partial charge in [0, 0.05) is 10.5 Å². The Morgan fingerprint density at radius 2 is 1.83 bits per heavy atom. The van der Waals surface area contributed by atoms with Crippen LogP contribution in [0.15, 0.2) is 30.3 Å². The van der Waals surface area contributed by atoms with Gasteiger partial charge in [0.15, 0.2) is 0 Å². The zero-order chi connectivity index (χ0) is 16.4. The van der Waals surface area contributed by atoms with Crippen molar-refractivity contribution in [1.29, 1.82) is 0 Å². The number of hydrogen-bond donors (Lipinski definition) is 2. The Kier molecular flexibility index (Phi) is 11.4. The molecule has 2 unspecified atom stereocenters. The van der Waals surface area contributed by atoms with E-state index in [1.54, 1.807) is 11.8 Å². The highest BCUT2D eigenvalue weighted by molar-refractivity contribution is 8.00. The van der Waals surface area contributed by atoms with Gasteiger partial charge in [-0.15, -0.1) is 24.2 Å². The van der Waals surface area contributed by atoms with Crippen LogP contribution in [0.25, 0.3) is 0 Å². The van der Waals surface area contributed by atoms with Crippen molar-refractivity contribution in [3.8, 4) is 0 Å². The lowest BCUT2D eigenvalue weighted by Crippen LogP contribution is -2.48. The van der Waals surface area contributed by atoms with E-state index >= 15 is 0 Å². The van der Waals surface area contributed by atoms with Crippen LogP contribution in [0.4, 0.5) is 0 Å². The average molecular weight is 360 g/mol. The third kappa shape index (κ3) is 8.09. The molecule has 3 N–H and O–H groups in total. The smallest absolute Gasteiger partial charge is 0.321 e. The van der Waals surface area contributed by atoms with Crippen LogP contribution < -0.4 is 5.73 Å². The summed E-state index contributed by atoms with van der Waals surface area (Å²) < 4.78 is -0.423. The van der Waals surface area contributed by atoms with Crippen molar-refractivity contribution in [3.63, 3.8) is 0 Å². The molecule has 23 heavy (non-hydrogen) atoms. The number of carbonyl (C=O) groups is 1. The second kappa shape index (κ2) is 11.8. The van der Waals surface area contributed by atoms with E-state index < -0.39 is 16.8 Å². The molecule has 0 spiro atoms. The molecule has 3 nitrogen and oxygen atoms in total.